The van der Waals surface area contributed by atoms with Gasteiger partial charge < -0.3 is 4.74 Å². The van der Waals surface area contributed by atoms with E-state index in [1.165, 1.54) is 31.4 Å². The highest BCUT2D eigenvalue weighted by Crippen LogP contribution is 2.28. The third-order valence-corrected chi connectivity index (χ3v) is 2.50. The van der Waals surface area contributed by atoms with Crippen molar-refractivity contribution in [1.82, 2.24) is 0 Å². The van der Waals surface area contributed by atoms with Crippen LogP contribution in [0.15, 0.2) is 30.3 Å². The Hall–Kier alpha value is -2.04. The summed E-state index contributed by atoms with van der Waals surface area (Å²) >= 11 is 0. The standard InChI is InChI=1S/C13H8F4O/c1-18-8-4-2-7(3-5-8)9-6-10(14)12(16)13(17)11(9)15/h2-6H,1H3. The Balaban J connectivity index is 2.56. The van der Waals surface area contributed by atoms with Crippen molar-refractivity contribution < 1.29 is 22.3 Å². The van der Waals surface area contributed by atoms with Gasteiger partial charge in [-0.2, -0.15) is 0 Å². The molecule has 0 saturated heterocycles. The molecular formula is C13H8F4O. The molecule has 1 nitrogen and oxygen atoms in total. The molecule has 0 radical (unpaired) electrons. The molecule has 0 saturated carbocycles. The molecule has 0 aliphatic rings. The lowest BCUT2D eigenvalue weighted by molar-refractivity contribution is 0.410. The van der Waals surface area contributed by atoms with Crippen LogP contribution in [0.2, 0.25) is 0 Å². The maximum absolute atomic E-state index is 13.5. The van der Waals surface area contributed by atoms with E-state index in [4.69, 9.17) is 4.74 Å². The molecule has 5 heteroatoms. The molecule has 0 N–H and O–H groups in total. The SMILES string of the molecule is COc1ccc(-c2cc(F)c(F)c(F)c2F)cc1. The molecule has 0 amide bonds. The molecule has 0 aliphatic heterocycles. The van der Waals surface area contributed by atoms with Crippen molar-refractivity contribution in [3.63, 3.8) is 0 Å². The van der Waals surface area contributed by atoms with E-state index in [9.17, 15) is 17.6 Å². The van der Waals surface area contributed by atoms with Gasteiger partial charge in [0.2, 0.25) is 0 Å². The van der Waals surface area contributed by atoms with Gasteiger partial charge in [0.05, 0.1) is 7.11 Å². The van der Waals surface area contributed by atoms with Crippen LogP contribution in [0.3, 0.4) is 0 Å². The Morgan fingerprint density at radius 3 is 2.00 bits per heavy atom. The summed E-state index contributed by atoms with van der Waals surface area (Å²) in [5.41, 5.74) is -0.111. The van der Waals surface area contributed by atoms with Crippen LogP contribution in [-0.4, -0.2) is 7.11 Å². The average Bonchev–Trinajstić information content (AvgIpc) is 2.41. The Morgan fingerprint density at radius 2 is 1.44 bits per heavy atom. The van der Waals surface area contributed by atoms with E-state index in [1.54, 1.807) is 0 Å². The van der Waals surface area contributed by atoms with Crippen molar-refractivity contribution in [2.45, 2.75) is 0 Å². The second kappa shape index (κ2) is 4.68. The number of methoxy groups -OCH3 is 1. The van der Waals surface area contributed by atoms with Gasteiger partial charge in [-0.05, 0) is 23.8 Å². The van der Waals surface area contributed by atoms with E-state index < -0.39 is 23.3 Å². The van der Waals surface area contributed by atoms with Crippen molar-refractivity contribution in [1.29, 1.82) is 0 Å². The molecule has 2 aromatic rings. The first-order valence-corrected chi connectivity index (χ1v) is 5.02. The summed E-state index contributed by atoms with van der Waals surface area (Å²) in [7, 11) is 1.45. The molecule has 94 valence electrons. The van der Waals surface area contributed by atoms with Gasteiger partial charge in [0.25, 0.3) is 0 Å². The zero-order valence-electron chi connectivity index (χ0n) is 9.31. The first-order valence-electron chi connectivity index (χ1n) is 5.02. The molecule has 0 atom stereocenters. The zero-order valence-corrected chi connectivity index (χ0v) is 9.31. The third-order valence-electron chi connectivity index (χ3n) is 2.50. The maximum atomic E-state index is 13.5. The number of hydrogen-bond acceptors (Lipinski definition) is 1. The summed E-state index contributed by atoms with van der Waals surface area (Å²) in [6.07, 6.45) is 0. The lowest BCUT2D eigenvalue weighted by Crippen LogP contribution is -1.98. The molecule has 0 aliphatic carbocycles. The fraction of sp³-hybridized carbons (Fsp3) is 0.0769. The highest BCUT2D eigenvalue weighted by Gasteiger charge is 2.19. The molecule has 0 heterocycles. The number of benzene rings is 2. The Morgan fingerprint density at radius 1 is 0.833 bits per heavy atom. The van der Waals surface area contributed by atoms with Crippen LogP contribution < -0.4 is 4.74 Å². The number of ether oxygens (including phenoxy) is 1. The number of hydrogen-bond donors (Lipinski definition) is 0. The molecular weight excluding hydrogens is 248 g/mol. The van der Waals surface area contributed by atoms with Gasteiger partial charge in [0.15, 0.2) is 23.3 Å². The van der Waals surface area contributed by atoms with E-state index in [-0.39, 0.29) is 11.1 Å². The van der Waals surface area contributed by atoms with Crippen molar-refractivity contribution in [3.8, 4) is 16.9 Å². The van der Waals surface area contributed by atoms with E-state index in [0.717, 1.165) is 0 Å². The summed E-state index contributed by atoms with van der Waals surface area (Å²) in [5, 5.41) is 0. The van der Waals surface area contributed by atoms with Gasteiger partial charge >= 0.3 is 0 Å². The molecule has 2 rings (SSSR count). The summed E-state index contributed by atoms with van der Waals surface area (Å²) in [5.74, 6) is -5.97. The van der Waals surface area contributed by atoms with Gasteiger partial charge in [-0.1, -0.05) is 12.1 Å². The van der Waals surface area contributed by atoms with Crippen LogP contribution in [0, 0.1) is 23.3 Å². The Labute approximate surface area is 101 Å². The van der Waals surface area contributed by atoms with Gasteiger partial charge in [0, 0.05) is 5.56 Å². The normalized spacial score (nSPS) is 10.5. The average molecular weight is 256 g/mol. The lowest BCUT2D eigenvalue weighted by Gasteiger charge is -2.07. The monoisotopic (exact) mass is 256 g/mol. The largest absolute Gasteiger partial charge is 0.497 e. The van der Waals surface area contributed by atoms with Crippen molar-refractivity contribution in [2.75, 3.05) is 7.11 Å². The molecule has 0 fully saturated rings. The highest BCUT2D eigenvalue weighted by atomic mass is 19.2. The fourth-order valence-electron chi connectivity index (χ4n) is 1.55. The summed E-state index contributed by atoms with van der Waals surface area (Å²) < 4.78 is 57.3. The third kappa shape index (κ3) is 2.03. The number of rotatable bonds is 2. The van der Waals surface area contributed by atoms with Crippen molar-refractivity contribution >= 4 is 0 Å². The smallest absolute Gasteiger partial charge is 0.198 e. The Bertz CT molecular complexity index is 579. The van der Waals surface area contributed by atoms with E-state index in [2.05, 4.69) is 0 Å². The Kier molecular flexibility index (Phi) is 3.23. The van der Waals surface area contributed by atoms with E-state index in [1.807, 2.05) is 0 Å². The summed E-state index contributed by atoms with van der Waals surface area (Å²) in [4.78, 5) is 0. The van der Waals surface area contributed by atoms with Crippen molar-refractivity contribution in [2.24, 2.45) is 0 Å². The van der Waals surface area contributed by atoms with Crippen LogP contribution in [0.25, 0.3) is 11.1 Å². The molecule has 0 unspecified atom stereocenters. The van der Waals surface area contributed by atoms with Crippen LogP contribution in [-0.2, 0) is 0 Å². The second-order valence-electron chi connectivity index (χ2n) is 3.58. The number of halogens is 4. The van der Waals surface area contributed by atoms with Gasteiger partial charge in [-0.15, -0.1) is 0 Å². The van der Waals surface area contributed by atoms with Crippen LogP contribution in [0.5, 0.6) is 5.75 Å². The van der Waals surface area contributed by atoms with Crippen LogP contribution >= 0.6 is 0 Å². The van der Waals surface area contributed by atoms with E-state index >= 15 is 0 Å². The topological polar surface area (TPSA) is 9.23 Å². The molecule has 2 aromatic carbocycles. The van der Waals surface area contributed by atoms with Crippen molar-refractivity contribution in [3.05, 3.63) is 53.6 Å². The first kappa shape index (κ1) is 12.4. The second-order valence-corrected chi connectivity index (χ2v) is 3.58. The minimum atomic E-state index is -1.82. The van der Waals surface area contributed by atoms with Crippen LogP contribution in [0.4, 0.5) is 17.6 Å². The van der Waals surface area contributed by atoms with Gasteiger partial charge in [0.1, 0.15) is 5.75 Å². The minimum absolute atomic E-state index is 0.228. The zero-order chi connectivity index (χ0) is 13.3. The fourth-order valence-corrected chi connectivity index (χ4v) is 1.55. The molecule has 0 spiro atoms. The molecule has 0 bridgehead atoms. The van der Waals surface area contributed by atoms with E-state index in [0.29, 0.717) is 11.8 Å². The van der Waals surface area contributed by atoms with Crippen LogP contribution in [0.1, 0.15) is 0 Å². The quantitative estimate of drug-likeness (QED) is 0.449. The van der Waals surface area contributed by atoms with Gasteiger partial charge in [-0.25, -0.2) is 17.6 Å². The minimum Gasteiger partial charge on any atom is -0.497 e. The van der Waals surface area contributed by atoms with Gasteiger partial charge in [-0.3, -0.25) is 0 Å². The maximum Gasteiger partial charge on any atom is 0.198 e. The highest BCUT2D eigenvalue weighted by molar-refractivity contribution is 5.65. The first-order chi connectivity index (χ1) is 8.54. The molecule has 0 aromatic heterocycles. The summed E-state index contributed by atoms with van der Waals surface area (Å²) in [6.45, 7) is 0. The predicted molar refractivity (Wildman–Crippen MR) is 58.3 cm³/mol. The molecule has 18 heavy (non-hydrogen) atoms. The summed E-state index contributed by atoms with van der Waals surface area (Å²) in [6, 6.07) is 6.49. The lowest BCUT2D eigenvalue weighted by atomic mass is 10.0. The predicted octanol–water partition coefficient (Wildman–Crippen LogP) is 3.92.